The van der Waals surface area contributed by atoms with Gasteiger partial charge in [0.25, 0.3) is 0 Å². The lowest BCUT2D eigenvalue weighted by atomic mass is 9.90. The fourth-order valence-corrected chi connectivity index (χ4v) is 2.42. The summed E-state index contributed by atoms with van der Waals surface area (Å²) in [5.74, 6) is -1.93. The molecular weight excluding hydrogens is 320 g/mol. The van der Waals surface area contributed by atoms with Gasteiger partial charge in [0, 0.05) is 5.41 Å². The first-order valence-corrected chi connectivity index (χ1v) is 6.73. The molecule has 0 aliphatic carbocycles. The summed E-state index contributed by atoms with van der Waals surface area (Å²) >= 11 is 11.5. The van der Waals surface area contributed by atoms with Gasteiger partial charge in [0.15, 0.2) is 11.5 Å². The van der Waals surface area contributed by atoms with Gasteiger partial charge in [0.05, 0.1) is 21.4 Å². The molecule has 0 atom stereocenters. The Morgan fingerprint density at radius 3 is 2.24 bits per heavy atom. The first kappa shape index (κ1) is 15.7. The van der Waals surface area contributed by atoms with E-state index in [4.69, 9.17) is 23.2 Å². The average molecular weight is 332 g/mol. The Bertz CT molecular complexity index is 700. The van der Waals surface area contributed by atoms with E-state index in [1.165, 1.54) is 16.8 Å². The molecule has 1 N–H and O–H groups in total. The van der Waals surface area contributed by atoms with Crippen molar-refractivity contribution in [2.45, 2.75) is 26.2 Å². The lowest BCUT2D eigenvalue weighted by molar-refractivity contribution is 0.0687. The van der Waals surface area contributed by atoms with Gasteiger partial charge in [-0.1, -0.05) is 49.2 Å². The van der Waals surface area contributed by atoms with Gasteiger partial charge in [-0.25, -0.2) is 13.9 Å². The first-order chi connectivity index (χ1) is 9.62. The van der Waals surface area contributed by atoms with E-state index in [1.54, 1.807) is 0 Å². The van der Waals surface area contributed by atoms with Crippen molar-refractivity contribution in [3.05, 3.63) is 39.4 Å². The number of benzene rings is 1. The Balaban J connectivity index is 2.73. The minimum absolute atomic E-state index is 0.168. The fraction of sp³-hybridized carbons (Fsp3) is 0.308. The molecule has 0 unspecified atom stereocenters. The maximum absolute atomic E-state index is 13.5. The van der Waals surface area contributed by atoms with Gasteiger partial charge < -0.3 is 5.11 Å². The Kier molecular flexibility index (Phi) is 3.95. The Morgan fingerprint density at radius 2 is 1.81 bits per heavy atom. The van der Waals surface area contributed by atoms with Crippen LogP contribution in [-0.2, 0) is 5.41 Å². The number of carboxylic acids is 1. The summed E-state index contributed by atoms with van der Waals surface area (Å²) in [6, 6.07) is 2.64. The molecule has 0 radical (unpaired) electrons. The maximum atomic E-state index is 13.5. The highest BCUT2D eigenvalue weighted by Crippen LogP contribution is 2.31. The van der Waals surface area contributed by atoms with Crippen molar-refractivity contribution in [3.8, 4) is 5.69 Å². The molecule has 1 heterocycles. The minimum Gasteiger partial charge on any atom is -0.476 e. The zero-order chi connectivity index (χ0) is 15.9. The zero-order valence-corrected chi connectivity index (χ0v) is 13.0. The van der Waals surface area contributed by atoms with E-state index in [9.17, 15) is 14.3 Å². The number of aromatic carboxylic acids is 1. The average Bonchev–Trinajstić information content (AvgIpc) is 2.79. The summed E-state index contributed by atoms with van der Waals surface area (Å²) in [7, 11) is 0. The largest absolute Gasteiger partial charge is 0.476 e. The van der Waals surface area contributed by atoms with Crippen molar-refractivity contribution in [1.29, 1.82) is 0 Å². The molecule has 0 aliphatic heterocycles. The van der Waals surface area contributed by atoms with Crippen molar-refractivity contribution in [2.24, 2.45) is 0 Å². The van der Waals surface area contributed by atoms with Crippen LogP contribution in [0.15, 0.2) is 12.1 Å². The summed E-state index contributed by atoms with van der Waals surface area (Å²) in [6.45, 7) is 5.46. The van der Waals surface area contributed by atoms with Crippen LogP contribution >= 0.6 is 23.2 Å². The predicted octanol–water partition coefficient (Wildman–Crippen LogP) is 3.71. The van der Waals surface area contributed by atoms with E-state index in [0.29, 0.717) is 11.4 Å². The fourth-order valence-electron chi connectivity index (χ4n) is 1.94. The Labute approximate surface area is 130 Å². The van der Waals surface area contributed by atoms with Crippen LogP contribution in [0.5, 0.6) is 0 Å². The molecule has 0 fully saturated rings. The second kappa shape index (κ2) is 5.27. The third kappa shape index (κ3) is 2.87. The Hall–Kier alpha value is -1.66. The minimum atomic E-state index is -1.19. The highest BCUT2D eigenvalue weighted by Gasteiger charge is 2.30. The second-order valence-electron chi connectivity index (χ2n) is 5.48. The van der Waals surface area contributed by atoms with Crippen LogP contribution in [0.25, 0.3) is 5.69 Å². The van der Waals surface area contributed by atoms with Crippen LogP contribution in [0.2, 0.25) is 10.0 Å². The van der Waals surface area contributed by atoms with Gasteiger partial charge in [-0.05, 0) is 12.1 Å². The molecule has 1 aromatic carbocycles. The van der Waals surface area contributed by atoms with E-state index in [2.05, 4.69) is 10.3 Å². The molecule has 0 spiro atoms. The van der Waals surface area contributed by atoms with Gasteiger partial charge in [-0.15, -0.1) is 5.10 Å². The van der Waals surface area contributed by atoms with Crippen LogP contribution in [-0.4, -0.2) is 26.1 Å². The summed E-state index contributed by atoms with van der Waals surface area (Å²) in [5, 5.41) is 16.4. The van der Waals surface area contributed by atoms with Crippen molar-refractivity contribution in [3.63, 3.8) is 0 Å². The van der Waals surface area contributed by atoms with Gasteiger partial charge in [-0.2, -0.15) is 0 Å². The maximum Gasteiger partial charge on any atom is 0.358 e. The van der Waals surface area contributed by atoms with Crippen molar-refractivity contribution in [1.82, 2.24) is 15.0 Å². The number of aromatic nitrogens is 3. The molecule has 0 amide bonds. The number of hydrogen-bond acceptors (Lipinski definition) is 3. The molecule has 112 valence electrons. The standard InChI is InChI=1S/C13H12Cl2FN3O2/c1-13(2,3)11-10(12(20)21)17-18-19(11)6-4-7(14)9(16)8(15)5-6/h4-5H,1-3H3,(H,20,21). The van der Waals surface area contributed by atoms with Crippen molar-refractivity contribution in [2.75, 3.05) is 0 Å². The van der Waals surface area contributed by atoms with E-state index >= 15 is 0 Å². The molecule has 0 aliphatic rings. The summed E-state index contributed by atoms with van der Waals surface area (Å²) in [5.41, 5.74) is -0.00553. The molecule has 21 heavy (non-hydrogen) atoms. The molecule has 2 aromatic rings. The highest BCUT2D eigenvalue weighted by molar-refractivity contribution is 6.35. The number of halogens is 3. The summed E-state index contributed by atoms with van der Waals surface area (Å²) < 4.78 is 14.8. The summed E-state index contributed by atoms with van der Waals surface area (Å²) in [6.07, 6.45) is 0. The molecule has 8 heteroatoms. The molecule has 2 rings (SSSR count). The number of hydrogen-bond donors (Lipinski definition) is 1. The van der Waals surface area contributed by atoms with Crippen molar-refractivity contribution >= 4 is 29.2 Å². The normalized spacial score (nSPS) is 11.7. The van der Waals surface area contributed by atoms with Gasteiger partial charge in [0.2, 0.25) is 0 Å². The third-order valence-corrected chi connectivity index (χ3v) is 3.35. The predicted molar refractivity (Wildman–Crippen MR) is 77.0 cm³/mol. The van der Waals surface area contributed by atoms with Crippen LogP contribution in [0.3, 0.4) is 0 Å². The molecule has 1 aromatic heterocycles. The number of carbonyl (C=O) groups is 1. The number of carboxylic acid groups (broad SMARTS) is 1. The van der Waals surface area contributed by atoms with Gasteiger partial charge in [0.1, 0.15) is 0 Å². The topological polar surface area (TPSA) is 68.0 Å². The van der Waals surface area contributed by atoms with Crippen LogP contribution in [0.4, 0.5) is 4.39 Å². The van der Waals surface area contributed by atoms with E-state index in [1.807, 2.05) is 20.8 Å². The molecular formula is C13H12Cl2FN3O2. The molecule has 5 nitrogen and oxygen atoms in total. The quantitative estimate of drug-likeness (QED) is 0.852. The SMILES string of the molecule is CC(C)(C)c1c(C(=O)O)nnn1-c1cc(Cl)c(F)c(Cl)c1. The monoisotopic (exact) mass is 331 g/mol. The van der Waals surface area contributed by atoms with E-state index in [0.717, 1.165) is 0 Å². The third-order valence-electron chi connectivity index (χ3n) is 2.80. The van der Waals surface area contributed by atoms with Crippen LogP contribution in [0.1, 0.15) is 37.0 Å². The lowest BCUT2D eigenvalue weighted by Crippen LogP contribution is -2.21. The van der Waals surface area contributed by atoms with Crippen molar-refractivity contribution < 1.29 is 14.3 Å². The first-order valence-electron chi connectivity index (χ1n) is 5.97. The van der Waals surface area contributed by atoms with Crippen LogP contribution < -0.4 is 0 Å². The molecule has 0 bridgehead atoms. The van der Waals surface area contributed by atoms with Gasteiger partial charge in [-0.3, -0.25) is 0 Å². The molecule has 0 saturated heterocycles. The van der Waals surface area contributed by atoms with E-state index in [-0.39, 0.29) is 15.7 Å². The zero-order valence-electron chi connectivity index (χ0n) is 11.5. The number of rotatable bonds is 2. The van der Waals surface area contributed by atoms with E-state index < -0.39 is 17.2 Å². The van der Waals surface area contributed by atoms with Crippen LogP contribution in [0, 0.1) is 5.82 Å². The lowest BCUT2D eigenvalue weighted by Gasteiger charge is -2.20. The Morgan fingerprint density at radius 1 is 1.29 bits per heavy atom. The second-order valence-corrected chi connectivity index (χ2v) is 6.29. The smallest absolute Gasteiger partial charge is 0.358 e. The molecule has 0 saturated carbocycles. The summed E-state index contributed by atoms with van der Waals surface area (Å²) in [4.78, 5) is 11.3. The number of nitrogens with zero attached hydrogens (tertiary/aromatic N) is 3. The van der Waals surface area contributed by atoms with Gasteiger partial charge >= 0.3 is 5.97 Å². The highest BCUT2D eigenvalue weighted by atomic mass is 35.5.